The van der Waals surface area contributed by atoms with Crippen LogP contribution in [0.25, 0.3) is 6.08 Å². The van der Waals surface area contributed by atoms with Crippen LogP contribution in [0.3, 0.4) is 0 Å². The number of amides is 1. The SMILES string of the molecule is C/C=C\c1ccc(OCC(=O)N[C@H](c2ccc(OC)cc2)C(C)C)c(OC)c1. The summed E-state index contributed by atoms with van der Waals surface area (Å²) in [6, 6.07) is 13.2. The van der Waals surface area contributed by atoms with Gasteiger partial charge in [0.2, 0.25) is 0 Å². The summed E-state index contributed by atoms with van der Waals surface area (Å²) in [4.78, 5) is 12.5. The molecule has 0 bridgehead atoms. The molecule has 0 aromatic heterocycles. The smallest absolute Gasteiger partial charge is 0.258 e. The number of nitrogens with one attached hydrogen (secondary N) is 1. The first kappa shape index (κ1) is 21.4. The fraction of sp³-hybridized carbons (Fsp3) is 0.348. The van der Waals surface area contributed by atoms with Crippen molar-refractivity contribution in [2.24, 2.45) is 5.92 Å². The van der Waals surface area contributed by atoms with E-state index >= 15 is 0 Å². The van der Waals surface area contributed by atoms with Crippen molar-refractivity contribution in [3.8, 4) is 17.2 Å². The van der Waals surface area contributed by atoms with Gasteiger partial charge in [-0.15, -0.1) is 0 Å². The van der Waals surface area contributed by atoms with Crippen molar-refractivity contribution < 1.29 is 19.0 Å². The van der Waals surface area contributed by atoms with E-state index in [0.29, 0.717) is 11.5 Å². The van der Waals surface area contributed by atoms with Crippen LogP contribution in [0.5, 0.6) is 17.2 Å². The summed E-state index contributed by atoms with van der Waals surface area (Å²) in [7, 11) is 3.22. The molecule has 5 heteroatoms. The van der Waals surface area contributed by atoms with Gasteiger partial charge in [-0.3, -0.25) is 4.79 Å². The molecule has 28 heavy (non-hydrogen) atoms. The molecular weight excluding hydrogens is 354 g/mol. The minimum absolute atomic E-state index is 0.0846. The molecule has 0 aliphatic rings. The molecule has 1 amide bonds. The second-order valence-electron chi connectivity index (χ2n) is 6.76. The third-order valence-electron chi connectivity index (χ3n) is 4.36. The average molecular weight is 383 g/mol. The van der Waals surface area contributed by atoms with Gasteiger partial charge in [0.05, 0.1) is 20.3 Å². The minimum atomic E-state index is -0.186. The highest BCUT2D eigenvalue weighted by molar-refractivity contribution is 5.78. The summed E-state index contributed by atoms with van der Waals surface area (Å²) >= 11 is 0. The van der Waals surface area contributed by atoms with Gasteiger partial charge in [-0.05, 0) is 48.2 Å². The fourth-order valence-electron chi connectivity index (χ4n) is 2.90. The van der Waals surface area contributed by atoms with E-state index in [-0.39, 0.29) is 24.5 Å². The lowest BCUT2D eigenvalue weighted by Gasteiger charge is -2.23. The van der Waals surface area contributed by atoms with Crippen LogP contribution in [0, 0.1) is 5.92 Å². The summed E-state index contributed by atoms with van der Waals surface area (Å²) in [6.45, 7) is 6.01. The lowest BCUT2D eigenvalue weighted by Crippen LogP contribution is -2.35. The standard InChI is InChI=1S/C23H29NO4/c1-6-7-17-8-13-20(21(14-17)27-5)28-15-22(25)24-23(16(2)3)18-9-11-19(26-4)12-10-18/h6-14,16,23H,15H2,1-5H3,(H,24,25)/b7-6-/t23-/m0/s1. The maximum Gasteiger partial charge on any atom is 0.258 e. The van der Waals surface area contributed by atoms with E-state index in [1.807, 2.05) is 61.5 Å². The van der Waals surface area contributed by atoms with Gasteiger partial charge in [-0.25, -0.2) is 0 Å². The van der Waals surface area contributed by atoms with E-state index in [0.717, 1.165) is 16.9 Å². The summed E-state index contributed by atoms with van der Waals surface area (Å²) in [5, 5.41) is 3.05. The van der Waals surface area contributed by atoms with Gasteiger partial charge in [-0.1, -0.05) is 44.2 Å². The van der Waals surface area contributed by atoms with E-state index in [1.165, 1.54) is 0 Å². The molecule has 0 spiro atoms. The van der Waals surface area contributed by atoms with Gasteiger partial charge < -0.3 is 19.5 Å². The van der Waals surface area contributed by atoms with Crippen LogP contribution in [-0.2, 0) is 4.79 Å². The second kappa shape index (κ2) is 10.4. The molecule has 1 N–H and O–H groups in total. The zero-order chi connectivity index (χ0) is 20.5. The van der Waals surface area contributed by atoms with Gasteiger partial charge in [0.25, 0.3) is 5.91 Å². The number of rotatable bonds is 9. The van der Waals surface area contributed by atoms with Crippen molar-refractivity contribution in [3.05, 3.63) is 59.7 Å². The van der Waals surface area contributed by atoms with E-state index in [4.69, 9.17) is 14.2 Å². The molecule has 150 valence electrons. The van der Waals surface area contributed by atoms with Crippen molar-refractivity contribution in [1.82, 2.24) is 5.32 Å². The molecule has 0 unspecified atom stereocenters. The predicted molar refractivity (Wildman–Crippen MR) is 112 cm³/mol. The van der Waals surface area contributed by atoms with E-state index in [2.05, 4.69) is 19.2 Å². The monoisotopic (exact) mass is 383 g/mol. The molecule has 0 radical (unpaired) electrons. The van der Waals surface area contributed by atoms with Crippen LogP contribution in [0.4, 0.5) is 0 Å². The van der Waals surface area contributed by atoms with Gasteiger partial charge >= 0.3 is 0 Å². The molecule has 0 aliphatic heterocycles. The molecule has 0 aliphatic carbocycles. The van der Waals surface area contributed by atoms with Crippen LogP contribution in [-0.4, -0.2) is 26.7 Å². The Morgan fingerprint density at radius 3 is 2.32 bits per heavy atom. The highest BCUT2D eigenvalue weighted by Gasteiger charge is 2.19. The number of ether oxygens (including phenoxy) is 3. The zero-order valence-electron chi connectivity index (χ0n) is 17.2. The Morgan fingerprint density at radius 1 is 1.04 bits per heavy atom. The van der Waals surface area contributed by atoms with Crippen molar-refractivity contribution >= 4 is 12.0 Å². The van der Waals surface area contributed by atoms with E-state index in [9.17, 15) is 4.79 Å². The van der Waals surface area contributed by atoms with Gasteiger partial charge in [0.15, 0.2) is 18.1 Å². The van der Waals surface area contributed by atoms with E-state index < -0.39 is 0 Å². The third-order valence-corrected chi connectivity index (χ3v) is 4.36. The highest BCUT2D eigenvalue weighted by Crippen LogP contribution is 2.29. The molecule has 0 saturated carbocycles. The molecule has 0 fully saturated rings. The van der Waals surface area contributed by atoms with Gasteiger partial charge in [0.1, 0.15) is 5.75 Å². The highest BCUT2D eigenvalue weighted by atomic mass is 16.5. The molecule has 2 aromatic carbocycles. The Kier molecular flexibility index (Phi) is 7.93. The van der Waals surface area contributed by atoms with Crippen LogP contribution >= 0.6 is 0 Å². The first-order valence-corrected chi connectivity index (χ1v) is 9.35. The molecule has 0 heterocycles. The summed E-state index contributed by atoms with van der Waals surface area (Å²) < 4.78 is 16.3. The number of carbonyl (C=O) groups excluding carboxylic acids is 1. The molecular formula is C23H29NO4. The lowest BCUT2D eigenvalue weighted by molar-refractivity contribution is -0.124. The largest absolute Gasteiger partial charge is 0.497 e. The average Bonchev–Trinajstić information content (AvgIpc) is 2.71. The lowest BCUT2D eigenvalue weighted by atomic mass is 9.96. The van der Waals surface area contributed by atoms with Crippen molar-refractivity contribution in [1.29, 1.82) is 0 Å². The summed E-state index contributed by atoms with van der Waals surface area (Å²) in [5.41, 5.74) is 2.04. The maximum absolute atomic E-state index is 12.5. The number of benzene rings is 2. The quantitative estimate of drug-likeness (QED) is 0.686. The number of hydrogen-bond donors (Lipinski definition) is 1. The first-order chi connectivity index (χ1) is 13.5. The molecule has 1 atom stereocenters. The van der Waals surface area contributed by atoms with Crippen LogP contribution in [0.1, 0.15) is 37.9 Å². The number of carbonyl (C=O) groups is 1. The molecule has 2 rings (SSSR count). The summed E-state index contributed by atoms with van der Waals surface area (Å²) in [6.07, 6.45) is 3.93. The Bertz CT molecular complexity index is 797. The molecule has 2 aromatic rings. The number of methoxy groups -OCH3 is 2. The molecule has 0 saturated heterocycles. The second-order valence-corrected chi connectivity index (χ2v) is 6.76. The Balaban J connectivity index is 2.03. The van der Waals surface area contributed by atoms with Crippen molar-refractivity contribution in [3.63, 3.8) is 0 Å². The van der Waals surface area contributed by atoms with E-state index in [1.54, 1.807) is 14.2 Å². The maximum atomic E-state index is 12.5. The fourth-order valence-corrected chi connectivity index (χ4v) is 2.90. The predicted octanol–water partition coefficient (Wildman–Crippen LogP) is 4.63. The Hall–Kier alpha value is -2.95. The Morgan fingerprint density at radius 2 is 1.75 bits per heavy atom. The van der Waals surface area contributed by atoms with Gasteiger partial charge in [-0.2, -0.15) is 0 Å². The number of allylic oxidation sites excluding steroid dienone is 1. The third kappa shape index (κ3) is 5.78. The van der Waals surface area contributed by atoms with Crippen LogP contribution < -0.4 is 19.5 Å². The minimum Gasteiger partial charge on any atom is -0.497 e. The molecule has 5 nitrogen and oxygen atoms in total. The topological polar surface area (TPSA) is 56.8 Å². The first-order valence-electron chi connectivity index (χ1n) is 9.35. The summed E-state index contributed by atoms with van der Waals surface area (Å²) in [5.74, 6) is 1.96. The van der Waals surface area contributed by atoms with Crippen LogP contribution in [0.15, 0.2) is 48.5 Å². The van der Waals surface area contributed by atoms with Crippen LogP contribution in [0.2, 0.25) is 0 Å². The van der Waals surface area contributed by atoms with Gasteiger partial charge in [0, 0.05) is 0 Å². The van der Waals surface area contributed by atoms with Crippen molar-refractivity contribution in [2.45, 2.75) is 26.8 Å². The van der Waals surface area contributed by atoms with Crippen molar-refractivity contribution in [2.75, 3.05) is 20.8 Å². The zero-order valence-corrected chi connectivity index (χ0v) is 17.2. The normalized spacial score (nSPS) is 12.1. The number of hydrogen-bond acceptors (Lipinski definition) is 4. The Labute approximate surface area is 167 Å².